The van der Waals surface area contributed by atoms with E-state index in [0.717, 1.165) is 5.96 Å². The third-order valence-electron chi connectivity index (χ3n) is 2.02. The monoisotopic (exact) mass is 341 g/mol. The lowest BCUT2D eigenvalue weighted by Gasteiger charge is -2.23. The molecular weight excluding hydrogens is 321 g/mol. The van der Waals surface area contributed by atoms with E-state index in [9.17, 15) is 0 Å². The fourth-order valence-electron chi connectivity index (χ4n) is 1.25. The van der Waals surface area contributed by atoms with Crippen molar-refractivity contribution < 1.29 is 9.47 Å². The number of halogens is 1. The van der Waals surface area contributed by atoms with Gasteiger partial charge >= 0.3 is 0 Å². The molecule has 1 atom stereocenters. The summed E-state index contributed by atoms with van der Waals surface area (Å²) < 4.78 is 10.8. The van der Waals surface area contributed by atoms with Gasteiger partial charge in [-0.3, -0.25) is 4.99 Å². The van der Waals surface area contributed by atoms with Crippen molar-refractivity contribution in [2.45, 2.75) is 6.10 Å². The summed E-state index contributed by atoms with van der Waals surface area (Å²) in [5, 5.41) is 6.24. The second-order valence-electron chi connectivity index (χ2n) is 3.19. The minimum Gasteiger partial charge on any atom is -0.376 e. The predicted molar refractivity (Wildman–Crippen MR) is 75.5 cm³/mol. The highest BCUT2D eigenvalue weighted by Gasteiger charge is 2.14. The first-order valence-corrected chi connectivity index (χ1v) is 5.11. The predicted octanol–water partition coefficient (Wildman–Crippen LogP) is 0.371. The molecule has 0 amide bonds. The maximum absolute atomic E-state index is 5.49. The van der Waals surface area contributed by atoms with Crippen LogP contribution in [0.4, 0.5) is 0 Å². The molecule has 94 valence electrons. The lowest BCUT2D eigenvalue weighted by molar-refractivity contribution is -0.0850. The van der Waals surface area contributed by atoms with Gasteiger partial charge in [0, 0.05) is 20.1 Å². The summed E-state index contributed by atoms with van der Waals surface area (Å²) in [5.74, 6) is 0.754. The van der Waals surface area contributed by atoms with E-state index in [-0.39, 0.29) is 30.1 Å². The van der Waals surface area contributed by atoms with Gasteiger partial charge in [-0.25, -0.2) is 0 Å². The molecule has 6 heteroatoms. The average molecular weight is 341 g/mol. The lowest BCUT2D eigenvalue weighted by Crippen LogP contribution is -2.44. The fraction of sp³-hybridized carbons (Fsp3) is 0.700. The van der Waals surface area contributed by atoms with E-state index < -0.39 is 0 Å². The van der Waals surface area contributed by atoms with Crippen LogP contribution >= 0.6 is 24.0 Å². The van der Waals surface area contributed by atoms with Crippen LogP contribution in [-0.2, 0) is 9.47 Å². The topological polar surface area (TPSA) is 54.9 Å². The van der Waals surface area contributed by atoms with Crippen LogP contribution in [0.5, 0.6) is 0 Å². The Labute approximate surface area is 114 Å². The quantitative estimate of drug-likeness (QED) is 0.336. The molecule has 0 spiro atoms. The van der Waals surface area contributed by atoms with Crippen LogP contribution in [0.15, 0.2) is 17.6 Å². The highest BCUT2D eigenvalue weighted by molar-refractivity contribution is 14.0. The normalized spacial score (nSPS) is 20.8. The Balaban J connectivity index is 0.00000225. The molecule has 0 bridgehead atoms. The van der Waals surface area contributed by atoms with E-state index in [1.54, 1.807) is 13.1 Å². The van der Waals surface area contributed by atoms with Gasteiger partial charge in [0.05, 0.1) is 25.9 Å². The van der Waals surface area contributed by atoms with Crippen LogP contribution in [0.25, 0.3) is 0 Å². The second kappa shape index (κ2) is 9.86. The van der Waals surface area contributed by atoms with E-state index in [1.165, 1.54) is 0 Å². The van der Waals surface area contributed by atoms with E-state index in [0.29, 0.717) is 32.9 Å². The number of nitrogens with one attached hydrogen (secondary N) is 2. The summed E-state index contributed by atoms with van der Waals surface area (Å²) in [6.45, 7) is 7.04. The van der Waals surface area contributed by atoms with Gasteiger partial charge in [-0.2, -0.15) is 0 Å². The van der Waals surface area contributed by atoms with Crippen molar-refractivity contribution in [1.82, 2.24) is 10.6 Å². The highest BCUT2D eigenvalue weighted by atomic mass is 127. The van der Waals surface area contributed by atoms with Gasteiger partial charge < -0.3 is 20.1 Å². The number of hydrogen-bond acceptors (Lipinski definition) is 3. The molecular formula is C10H20IN3O2. The molecule has 1 rings (SSSR count). The number of aliphatic imine (C=N–C) groups is 1. The van der Waals surface area contributed by atoms with Crippen LogP contribution in [0.3, 0.4) is 0 Å². The minimum atomic E-state index is 0. The first kappa shape index (κ1) is 15.7. The largest absolute Gasteiger partial charge is 0.376 e. The molecule has 2 N–H and O–H groups in total. The number of nitrogens with zero attached hydrogens (tertiary/aromatic N) is 1. The summed E-state index contributed by atoms with van der Waals surface area (Å²) in [7, 11) is 1.73. The Bertz CT molecular complexity index is 218. The standard InChI is InChI=1S/C10H19N3O2.HI/c1-3-4-12-10(11-2)13-7-9-8-14-5-6-15-9;/h3,9H,1,4-8H2,2H3,(H2,11,12,13);1H. The van der Waals surface area contributed by atoms with Crippen molar-refractivity contribution in [1.29, 1.82) is 0 Å². The van der Waals surface area contributed by atoms with Crippen molar-refractivity contribution in [2.75, 3.05) is 40.0 Å². The van der Waals surface area contributed by atoms with Crippen LogP contribution in [0, 0.1) is 0 Å². The number of ether oxygens (including phenoxy) is 2. The first-order chi connectivity index (χ1) is 7.36. The zero-order valence-corrected chi connectivity index (χ0v) is 11.9. The number of hydrogen-bond donors (Lipinski definition) is 2. The third-order valence-corrected chi connectivity index (χ3v) is 2.02. The Morgan fingerprint density at radius 2 is 2.31 bits per heavy atom. The highest BCUT2D eigenvalue weighted by Crippen LogP contribution is 1.98. The van der Waals surface area contributed by atoms with Gasteiger partial charge in [0.25, 0.3) is 0 Å². The molecule has 1 aliphatic rings. The van der Waals surface area contributed by atoms with E-state index >= 15 is 0 Å². The van der Waals surface area contributed by atoms with Gasteiger partial charge in [-0.05, 0) is 0 Å². The molecule has 1 fully saturated rings. The van der Waals surface area contributed by atoms with Gasteiger partial charge in [0.2, 0.25) is 0 Å². The van der Waals surface area contributed by atoms with Crippen molar-refractivity contribution >= 4 is 29.9 Å². The molecule has 0 aromatic heterocycles. The summed E-state index contributed by atoms with van der Waals surface area (Å²) in [5.41, 5.74) is 0. The molecule has 0 aromatic carbocycles. The smallest absolute Gasteiger partial charge is 0.191 e. The Kier molecular flexibility index (Phi) is 9.65. The van der Waals surface area contributed by atoms with Gasteiger partial charge in [-0.1, -0.05) is 6.08 Å². The molecule has 0 radical (unpaired) electrons. The Hall–Kier alpha value is -0.340. The summed E-state index contributed by atoms with van der Waals surface area (Å²) >= 11 is 0. The number of rotatable bonds is 4. The van der Waals surface area contributed by atoms with Crippen molar-refractivity contribution in [2.24, 2.45) is 4.99 Å². The fourth-order valence-corrected chi connectivity index (χ4v) is 1.25. The molecule has 16 heavy (non-hydrogen) atoms. The maximum Gasteiger partial charge on any atom is 0.191 e. The molecule has 5 nitrogen and oxygen atoms in total. The van der Waals surface area contributed by atoms with Gasteiger partial charge in [-0.15, -0.1) is 30.6 Å². The van der Waals surface area contributed by atoms with Crippen LogP contribution in [-0.4, -0.2) is 52.0 Å². The molecule has 1 aliphatic heterocycles. The summed E-state index contributed by atoms with van der Waals surface area (Å²) in [6, 6.07) is 0. The van der Waals surface area contributed by atoms with Crippen molar-refractivity contribution in [3.8, 4) is 0 Å². The van der Waals surface area contributed by atoms with Crippen LogP contribution < -0.4 is 10.6 Å². The maximum atomic E-state index is 5.49. The van der Waals surface area contributed by atoms with Crippen molar-refractivity contribution in [3.63, 3.8) is 0 Å². The lowest BCUT2D eigenvalue weighted by atomic mass is 10.3. The summed E-state index contributed by atoms with van der Waals surface area (Å²) in [4.78, 5) is 4.06. The molecule has 1 heterocycles. The zero-order chi connectivity index (χ0) is 10.9. The third kappa shape index (κ3) is 6.29. The molecule has 0 aromatic rings. The molecule has 0 aliphatic carbocycles. The Morgan fingerprint density at radius 1 is 1.50 bits per heavy atom. The number of guanidine groups is 1. The van der Waals surface area contributed by atoms with Crippen molar-refractivity contribution in [3.05, 3.63) is 12.7 Å². The molecule has 1 saturated heterocycles. The SMILES string of the molecule is C=CCNC(=NC)NCC1COCCO1.I. The Morgan fingerprint density at radius 3 is 2.88 bits per heavy atom. The minimum absolute atomic E-state index is 0. The van der Waals surface area contributed by atoms with E-state index in [4.69, 9.17) is 9.47 Å². The van der Waals surface area contributed by atoms with Gasteiger partial charge in [0.15, 0.2) is 5.96 Å². The van der Waals surface area contributed by atoms with Crippen LogP contribution in [0.1, 0.15) is 0 Å². The first-order valence-electron chi connectivity index (χ1n) is 5.11. The van der Waals surface area contributed by atoms with Gasteiger partial charge in [0.1, 0.15) is 0 Å². The van der Waals surface area contributed by atoms with E-state index in [1.807, 2.05) is 0 Å². The molecule has 1 unspecified atom stereocenters. The zero-order valence-electron chi connectivity index (χ0n) is 9.57. The van der Waals surface area contributed by atoms with Crippen LogP contribution in [0.2, 0.25) is 0 Å². The molecule has 0 saturated carbocycles. The second-order valence-corrected chi connectivity index (χ2v) is 3.19. The average Bonchev–Trinajstić information content (AvgIpc) is 2.31. The van der Waals surface area contributed by atoms with E-state index in [2.05, 4.69) is 22.2 Å². The summed E-state index contributed by atoms with van der Waals surface area (Å²) in [6.07, 6.45) is 1.90.